The second-order valence-corrected chi connectivity index (χ2v) is 5.61. The molecule has 3 aromatic rings. The molecule has 0 fully saturated rings. The number of aromatic nitrogens is 2. The van der Waals surface area contributed by atoms with Crippen LogP contribution in [0.5, 0.6) is 5.75 Å². The van der Waals surface area contributed by atoms with Crippen LogP contribution in [0.15, 0.2) is 60.9 Å². The number of nitrogens with one attached hydrogen (secondary N) is 1. The third-order valence-electron chi connectivity index (χ3n) is 3.88. The summed E-state index contributed by atoms with van der Waals surface area (Å²) in [6.45, 7) is 0.152. The quantitative estimate of drug-likeness (QED) is 0.712. The van der Waals surface area contributed by atoms with Gasteiger partial charge >= 0.3 is 0 Å². The summed E-state index contributed by atoms with van der Waals surface area (Å²) in [6.07, 6.45) is 1.77. The summed E-state index contributed by atoms with van der Waals surface area (Å²) < 4.78 is 20.6. The Bertz CT molecular complexity index is 910. The van der Waals surface area contributed by atoms with E-state index in [-0.39, 0.29) is 12.1 Å². The molecule has 0 aliphatic heterocycles. The molecule has 1 amide bonds. The van der Waals surface area contributed by atoms with Crippen molar-refractivity contribution in [2.45, 2.75) is 12.6 Å². The zero-order valence-corrected chi connectivity index (χ0v) is 14.1. The van der Waals surface area contributed by atoms with Crippen molar-refractivity contribution in [2.75, 3.05) is 7.11 Å². The van der Waals surface area contributed by atoms with Crippen LogP contribution in [0.2, 0.25) is 0 Å². The summed E-state index contributed by atoms with van der Waals surface area (Å²) in [6, 6.07) is 13.0. The molecule has 0 radical (unpaired) electrons. The number of halogens is 1. The second-order valence-electron chi connectivity index (χ2n) is 5.61. The van der Waals surface area contributed by atoms with Gasteiger partial charge in [-0.2, -0.15) is 5.10 Å². The van der Waals surface area contributed by atoms with Gasteiger partial charge in [0, 0.05) is 23.9 Å². The van der Waals surface area contributed by atoms with Crippen LogP contribution < -0.4 is 10.1 Å². The maximum absolute atomic E-state index is 13.7. The molecule has 6 nitrogen and oxygen atoms in total. The Balaban J connectivity index is 1.66. The summed E-state index contributed by atoms with van der Waals surface area (Å²) in [4.78, 5) is 12.1. The summed E-state index contributed by atoms with van der Waals surface area (Å²) in [5.74, 6) is -0.638. The summed E-state index contributed by atoms with van der Waals surface area (Å²) >= 11 is 0. The first kappa shape index (κ1) is 17.6. The minimum atomic E-state index is -1.57. The first-order chi connectivity index (χ1) is 12.6. The van der Waals surface area contributed by atoms with Crippen molar-refractivity contribution in [3.8, 4) is 11.4 Å². The Kier molecular flexibility index (Phi) is 5.28. The van der Waals surface area contributed by atoms with E-state index in [0.717, 1.165) is 11.3 Å². The number of carbonyl (C=O) groups excluding carboxylic acids is 1. The molecule has 0 spiro atoms. The van der Waals surface area contributed by atoms with Gasteiger partial charge in [0.2, 0.25) is 0 Å². The lowest BCUT2D eigenvalue weighted by atomic mass is 10.1. The Labute approximate surface area is 149 Å². The molecule has 2 N–H and O–H groups in total. The van der Waals surface area contributed by atoms with Gasteiger partial charge in [-0.1, -0.05) is 30.3 Å². The number of aliphatic hydroxyl groups excluding tert-OH is 1. The number of hydrogen-bond donors (Lipinski definition) is 2. The molecule has 0 aliphatic carbocycles. The van der Waals surface area contributed by atoms with Crippen LogP contribution in [-0.4, -0.2) is 27.9 Å². The number of amides is 1. The normalized spacial score (nSPS) is 11.8. The molecule has 0 saturated heterocycles. The minimum absolute atomic E-state index is 0.0604. The molecular weight excluding hydrogens is 337 g/mol. The Morgan fingerprint density at radius 3 is 2.77 bits per heavy atom. The number of para-hydroxylation sites is 2. The number of nitrogens with zero attached hydrogens (tertiary/aromatic N) is 2. The lowest BCUT2D eigenvalue weighted by Gasteiger charge is -2.11. The van der Waals surface area contributed by atoms with E-state index in [2.05, 4.69) is 10.4 Å². The van der Waals surface area contributed by atoms with Crippen molar-refractivity contribution in [1.82, 2.24) is 15.1 Å². The van der Waals surface area contributed by atoms with E-state index in [1.807, 2.05) is 24.3 Å². The van der Waals surface area contributed by atoms with Gasteiger partial charge in [-0.3, -0.25) is 4.79 Å². The van der Waals surface area contributed by atoms with Gasteiger partial charge in [0.15, 0.2) is 6.10 Å². The average molecular weight is 355 g/mol. The number of carbonyl (C=O) groups is 1. The predicted molar refractivity (Wildman–Crippen MR) is 93.3 cm³/mol. The van der Waals surface area contributed by atoms with Gasteiger partial charge in [-0.25, -0.2) is 9.07 Å². The van der Waals surface area contributed by atoms with E-state index in [4.69, 9.17) is 4.74 Å². The zero-order chi connectivity index (χ0) is 18.5. The van der Waals surface area contributed by atoms with Crippen LogP contribution in [0.1, 0.15) is 17.2 Å². The van der Waals surface area contributed by atoms with Crippen LogP contribution in [0.25, 0.3) is 5.69 Å². The fourth-order valence-electron chi connectivity index (χ4n) is 2.53. The Hall–Kier alpha value is -3.19. The van der Waals surface area contributed by atoms with Crippen molar-refractivity contribution in [3.63, 3.8) is 0 Å². The fraction of sp³-hybridized carbons (Fsp3) is 0.158. The molecule has 1 unspecified atom stereocenters. The van der Waals surface area contributed by atoms with E-state index < -0.39 is 17.8 Å². The second kappa shape index (κ2) is 7.79. The van der Waals surface area contributed by atoms with Gasteiger partial charge in [0.25, 0.3) is 5.91 Å². The van der Waals surface area contributed by atoms with Crippen molar-refractivity contribution in [3.05, 3.63) is 77.9 Å². The number of methoxy groups -OCH3 is 1. The lowest BCUT2D eigenvalue weighted by Crippen LogP contribution is -2.29. The smallest absolute Gasteiger partial charge is 0.253 e. The van der Waals surface area contributed by atoms with Crippen molar-refractivity contribution in [2.24, 2.45) is 0 Å². The molecule has 0 bridgehead atoms. The molecule has 1 aromatic heterocycles. The van der Waals surface area contributed by atoms with Gasteiger partial charge in [0.1, 0.15) is 17.3 Å². The van der Waals surface area contributed by atoms with Crippen molar-refractivity contribution in [1.29, 1.82) is 0 Å². The number of benzene rings is 2. The third kappa shape index (κ3) is 3.73. The van der Waals surface area contributed by atoms with Crippen molar-refractivity contribution < 1.29 is 19.0 Å². The maximum Gasteiger partial charge on any atom is 0.253 e. The van der Waals surface area contributed by atoms with Crippen LogP contribution in [-0.2, 0) is 11.3 Å². The summed E-state index contributed by atoms with van der Waals surface area (Å²) in [5, 5.41) is 16.8. The fourth-order valence-corrected chi connectivity index (χ4v) is 2.53. The van der Waals surface area contributed by atoms with Crippen LogP contribution in [0.4, 0.5) is 4.39 Å². The lowest BCUT2D eigenvalue weighted by molar-refractivity contribution is -0.129. The van der Waals surface area contributed by atoms with Gasteiger partial charge < -0.3 is 15.2 Å². The number of aliphatic hydroxyl groups is 1. The van der Waals surface area contributed by atoms with E-state index in [1.165, 1.54) is 18.2 Å². The Morgan fingerprint density at radius 2 is 2.00 bits per heavy atom. The topological polar surface area (TPSA) is 76.4 Å². The summed E-state index contributed by atoms with van der Waals surface area (Å²) in [5.41, 5.74) is 1.43. The van der Waals surface area contributed by atoms with Crippen molar-refractivity contribution >= 4 is 5.91 Å². The molecule has 1 heterocycles. The minimum Gasteiger partial charge on any atom is -0.494 e. The molecule has 0 saturated carbocycles. The highest BCUT2D eigenvalue weighted by Gasteiger charge is 2.20. The monoisotopic (exact) mass is 355 g/mol. The third-order valence-corrected chi connectivity index (χ3v) is 3.88. The van der Waals surface area contributed by atoms with E-state index in [9.17, 15) is 14.3 Å². The first-order valence-electron chi connectivity index (χ1n) is 7.97. The number of hydrogen-bond acceptors (Lipinski definition) is 4. The SMILES string of the molecule is COc1ccccc1-n1cc(CNC(=O)C(O)c2ccccc2F)cn1. The highest BCUT2D eigenvalue weighted by Crippen LogP contribution is 2.21. The van der Waals surface area contributed by atoms with E-state index >= 15 is 0 Å². The molecule has 0 aliphatic rings. The van der Waals surface area contributed by atoms with E-state index in [0.29, 0.717) is 5.75 Å². The molecule has 134 valence electrons. The van der Waals surface area contributed by atoms with Gasteiger partial charge in [-0.05, 0) is 18.2 Å². The molecule has 7 heteroatoms. The van der Waals surface area contributed by atoms with Gasteiger partial charge in [0.05, 0.1) is 13.3 Å². The standard InChI is InChI=1S/C19H18FN3O3/c1-26-17-9-5-4-8-16(17)23-12-13(11-22-23)10-21-19(25)18(24)14-6-2-3-7-15(14)20/h2-9,11-12,18,24H,10H2,1H3,(H,21,25). The number of rotatable bonds is 6. The molecular formula is C19H18FN3O3. The number of ether oxygens (including phenoxy) is 1. The first-order valence-corrected chi connectivity index (χ1v) is 7.97. The highest BCUT2D eigenvalue weighted by molar-refractivity contribution is 5.81. The van der Waals surface area contributed by atoms with Crippen LogP contribution in [0.3, 0.4) is 0 Å². The zero-order valence-electron chi connectivity index (χ0n) is 14.1. The molecule has 1 atom stereocenters. The molecule has 26 heavy (non-hydrogen) atoms. The average Bonchev–Trinajstić information content (AvgIpc) is 3.14. The van der Waals surface area contributed by atoms with E-state index in [1.54, 1.807) is 30.3 Å². The predicted octanol–water partition coefficient (Wildman–Crippen LogP) is 2.37. The molecule has 2 aromatic carbocycles. The maximum atomic E-state index is 13.7. The van der Waals surface area contributed by atoms with Crippen LogP contribution >= 0.6 is 0 Å². The largest absolute Gasteiger partial charge is 0.494 e. The summed E-state index contributed by atoms with van der Waals surface area (Å²) in [7, 11) is 1.58. The van der Waals surface area contributed by atoms with Crippen LogP contribution in [0, 0.1) is 5.82 Å². The highest BCUT2D eigenvalue weighted by atomic mass is 19.1. The molecule has 3 rings (SSSR count). The van der Waals surface area contributed by atoms with Gasteiger partial charge in [-0.15, -0.1) is 0 Å². The Morgan fingerprint density at radius 1 is 1.27 bits per heavy atom.